The molecule has 4 heteroatoms. The summed E-state index contributed by atoms with van der Waals surface area (Å²) in [6, 6.07) is 15.1. The molecule has 2 saturated carbocycles. The van der Waals surface area contributed by atoms with Crippen molar-refractivity contribution in [3.63, 3.8) is 0 Å². The molecule has 45 heavy (non-hydrogen) atoms. The van der Waals surface area contributed by atoms with Crippen molar-refractivity contribution in [3.05, 3.63) is 80.1 Å². The molecule has 0 aromatic heterocycles. The van der Waals surface area contributed by atoms with Crippen LogP contribution < -0.4 is 0 Å². The number of hydrogen-bond donors (Lipinski definition) is 1. The molecule has 1 N–H and O–H groups in total. The van der Waals surface area contributed by atoms with Crippen molar-refractivity contribution in [1.29, 1.82) is 0 Å². The predicted octanol–water partition coefficient (Wildman–Crippen LogP) is 13.1. The molecular formula is C41H70FeO3. The van der Waals surface area contributed by atoms with E-state index in [0.717, 1.165) is 24.7 Å². The fourth-order valence-electron chi connectivity index (χ4n) is 5.30. The van der Waals surface area contributed by atoms with Gasteiger partial charge in [0.25, 0.3) is 0 Å². The molecule has 2 aliphatic carbocycles. The summed E-state index contributed by atoms with van der Waals surface area (Å²) in [6.45, 7) is 19.0. The Bertz CT molecular complexity index is 944. The molecule has 0 radical (unpaired) electrons. The van der Waals surface area contributed by atoms with Crippen molar-refractivity contribution in [3.8, 4) is 5.75 Å². The normalized spacial score (nSPS) is 15.8. The maximum atomic E-state index is 11.8. The van der Waals surface area contributed by atoms with Crippen LogP contribution in [0.3, 0.4) is 0 Å². The van der Waals surface area contributed by atoms with Crippen LogP contribution in [0.25, 0.3) is 0 Å². The fourth-order valence-corrected chi connectivity index (χ4v) is 5.30. The van der Waals surface area contributed by atoms with Crippen molar-refractivity contribution in [2.45, 2.75) is 157 Å². The molecule has 2 aromatic carbocycles. The standard InChI is InChI=1S/C15H22O2.C10H14O.C9H18.C5H10.2CH3.Fe/c1-6-11(2)12-7-9-13(10-8-12)14(16)17-15(3,4)5;1-3-8(2)9-4-6-10(11)7-5-9;1-3-8(2)9-6-4-5-7-9;1-2-4-5-3-1;;;/h7-11H,6H2,1-5H3;4-8,11H,3H2,1-2H3;8-9H,3-7H2,1-2H3;1-5H2;2*1H3;/q;;;;2*-1;+2. The summed E-state index contributed by atoms with van der Waals surface area (Å²) in [5, 5.41) is 9.01. The van der Waals surface area contributed by atoms with E-state index < -0.39 is 5.60 Å². The average Bonchev–Trinajstić information content (AvgIpc) is 3.74. The van der Waals surface area contributed by atoms with E-state index in [1.54, 1.807) is 12.1 Å². The smallest absolute Gasteiger partial charge is 0.508 e. The Morgan fingerprint density at radius 1 is 0.711 bits per heavy atom. The van der Waals surface area contributed by atoms with Crippen molar-refractivity contribution in [2.24, 2.45) is 11.8 Å². The summed E-state index contributed by atoms with van der Waals surface area (Å²) in [5.41, 5.74) is 2.74. The molecule has 2 fully saturated rings. The summed E-state index contributed by atoms with van der Waals surface area (Å²) in [7, 11) is 0. The molecule has 0 saturated heterocycles. The van der Waals surface area contributed by atoms with Crippen LogP contribution in [0.1, 0.15) is 173 Å². The number of benzene rings is 2. The number of carbonyl (C=O) groups excluding carboxylic acids is 1. The van der Waals surface area contributed by atoms with E-state index in [0.29, 0.717) is 23.1 Å². The van der Waals surface area contributed by atoms with Gasteiger partial charge in [-0.25, -0.2) is 4.79 Å². The second-order valence-corrected chi connectivity index (χ2v) is 13.5. The zero-order valence-corrected chi connectivity index (χ0v) is 32.1. The summed E-state index contributed by atoms with van der Waals surface area (Å²) < 4.78 is 5.31. The van der Waals surface area contributed by atoms with E-state index >= 15 is 0 Å². The third-order valence-corrected chi connectivity index (χ3v) is 8.90. The largest absolute Gasteiger partial charge is 2.00 e. The van der Waals surface area contributed by atoms with Crippen LogP contribution in [-0.2, 0) is 21.8 Å². The van der Waals surface area contributed by atoms with Crippen LogP contribution in [0.4, 0.5) is 0 Å². The predicted molar refractivity (Wildman–Crippen MR) is 194 cm³/mol. The molecule has 4 rings (SSSR count). The number of rotatable bonds is 7. The third-order valence-electron chi connectivity index (χ3n) is 8.90. The minimum Gasteiger partial charge on any atom is -0.508 e. The molecule has 0 heterocycles. The summed E-state index contributed by atoms with van der Waals surface area (Å²) in [6.07, 6.45) is 17.1. The summed E-state index contributed by atoms with van der Waals surface area (Å²) in [4.78, 5) is 11.8. The van der Waals surface area contributed by atoms with Gasteiger partial charge in [0.2, 0.25) is 0 Å². The van der Waals surface area contributed by atoms with Gasteiger partial charge in [-0.2, -0.15) is 0 Å². The van der Waals surface area contributed by atoms with Gasteiger partial charge in [-0.1, -0.05) is 130 Å². The molecule has 3 atom stereocenters. The minimum absolute atomic E-state index is 0. The SMILES string of the molecule is C1CCCC1.CCC(C)C1CCCC1.CCC(C)c1ccc(C(=O)OC(C)(C)C)cc1.CCC(C)c1ccc(O)cc1.[CH3-].[CH3-].[Fe+2]. The first-order valence-electron chi connectivity index (χ1n) is 17.0. The zero-order chi connectivity index (χ0) is 31.5. The molecule has 2 aliphatic rings. The molecule has 2 aromatic rings. The van der Waals surface area contributed by atoms with Gasteiger partial charge in [-0.15, -0.1) is 0 Å². The van der Waals surface area contributed by atoms with Crippen molar-refractivity contribution < 1.29 is 31.7 Å². The Labute approximate surface area is 291 Å². The summed E-state index contributed by atoms with van der Waals surface area (Å²) in [5.74, 6) is 3.28. The van der Waals surface area contributed by atoms with Crippen molar-refractivity contribution in [1.82, 2.24) is 0 Å². The van der Waals surface area contributed by atoms with E-state index in [1.807, 2.05) is 57.2 Å². The monoisotopic (exact) mass is 666 g/mol. The van der Waals surface area contributed by atoms with Gasteiger partial charge < -0.3 is 24.7 Å². The van der Waals surface area contributed by atoms with Crippen molar-refractivity contribution >= 4 is 5.97 Å². The molecule has 0 amide bonds. The van der Waals surface area contributed by atoms with Crippen LogP contribution in [0, 0.1) is 26.7 Å². The quantitative estimate of drug-likeness (QED) is 0.182. The van der Waals surface area contributed by atoms with Gasteiger partial charge in [0.05, 0.1) is 5.56 Å². The number of phenolic OH excluding ortho intramolecular Hbond substituents is 1. The molecule has 0 aliphatic heterocycles. The van der Waals surface area contributed by atoms with Crippen LogP contribution >= 0.6 is 0 Å². The Hall–Kier alpha value is -1.77. The fraction of sp³-hybridized carbons (Fsp3) is 0.634. The van der Waals surface area contributed by atoms with Gasteiger partial charge in [-0.05, 0) is 92.7 Å². The molecule has 260 valence electrons. The molecule has 3 nitrogen and oxygen atoms in total. The second-order valence-electron chi connectivity index (χ2n) is 13.5. The van der Waals surface area contributed by atoms with Crippen LogP contribution in [0.5, 0.6) is 5.75 Å². The van der Waals surface area contributed by atoms with Crippen LogP contribution in [0.15, 0.2) is 48.5 Å². The van der Waals surface area contributed by atoms with Gasteiger partial charge in [0.1, 0.15) is 11.4 Å². The molecule has 0 spiro atoms. The number of esters is 1. The Balaban J connectivity index is -0.000000548. The van der Waals surface area contributed by atoms with Crippen LogP contribution in [-0.4, -0.2) is 16.7 Å². The Morgan fingerprint density at radius 3 is 1.42 bits per heavy atom. The Kier molecular flexibility index (Phi) is 27.9. The number of phenols is 1. The van der Waals surface area contributed by atoms with Gasteiger partial charge in [0.15, 0.2) is 0 Å². The van der Waals surface area contributed by atoms with E-state index in [1.165, 1.54) is 75.3 Å². The number of ether oxygens (including phenoxy) is 1. The van der Waals surface area contributed by atoms with E-state index in [4.69, 9.17) is 9.84 Å². The van der Waals surface area contributed by atoms with Gasteiger partial charge >= 0.3 is 23.0 Å². The van der Waals surface area contributed by atoms with E-state index in [2.05, 4.69) is 41.5 Å². The third kappa shape index (κ3) is 20.9. The number of carbonyl (C=O) groups is 1. The number of hydrogen-bond acceptors (Lipinski definition) is 3. The zero-order valence-electron chi connectivity index (χ0n) is 31.0. The first-order valence-corrected chi connectivity index (χ1v) is 17.0. The second kappa shape index (κ2) is 26.3. The summed E-state index contributed by atoms with van der Waals surface area (Å²) >= 11 is 0. The minimum atomic E-state index is -0.438. The average molecular weight is 667 g/mol. The number of aromatic hydroxyl groups is 1. The molecular weight excluding hydrogens is 596 g/mol. The maximum absolute atomic E-state index is 11.8. The topological polar surface area (TPSA) is 46.5 Å². The molecule has 0 bridgehead atoms. The van der Waals surface area contributed by atoms with Crippen LogP contribution in [0.2, 0.25) is 0 Å². The van der Waals surface area contributed by atoms with Gasteiger partial charge in [-0.3, -0.25) is 0 Å². The van der Waals surface area contributed by atoms with Gasteiger partial charge in [0, 0.05) is 0 Å². The van der Waals surface area contributed by atoms with Crippen molar-refractivity contribution in [2.75, 3.05) is 0 Å². The maximum Gasteiger partial charge on any atom is 2.00 e. The Morgan fingerprint density at radius 2 is 1.09 bits per heavy atom. The molecule has 3 unspecified atom stereocenters. The van der Waals surface area contributed by atoms with E-state index in [-0.39, 0.29) is 37.9 Å². The van der Waals surface area contributed by atoms with E-state index in [9.17, 15) is 4.79 Å². The first kappa shape index (κ1) is 47.6. The first-order chi connectivity index (χ1) is 19.9.